The zero-order valence-corrected chi connectivity index (χ0v) is 13.1. The molecule has 2 aromatic carbocycles. The highest BCUT2D eigenvalue weighted by Gasteiger charge is 2.33. The molecule has 116 valence electrons. The molecule has 3 heterocycles. The number of fused-ring (bicyclic) bond motifs is 6. The molecule has 5 rings (SSSR count). The molecule has 1 aromatic heterocycles. The number of nitrogens with zero attached hydrogens (tertiary/aromatic N) is 1. The molecule has 2 aliphatic heterocycles. The number of H-pyrrole nitrogens is 1. The Morgan fingerprint density at radius 3 is 2.96 bits per heavy atom. The fourth-order valence-corrected chi connectivity index (χ4v) is 4.10. The maximum atomic E-state index is 6.02. The minimum atomic E-state index is 0.621. The number of hydrogen-bond donors (Lipinski definition) is 1. The van der Waals surface area contributed by atoms with Crippen molar-refractivity contribution in [2.45, 2.75) is 25.5 Å². The highest BCUT2D eigenvalue weighted by molar-refractivity contribution is 5.87. The van der Waals surface area contributed by atoms with Crippen molar-refractivity contribution in [2.24, 2.45) is 0 Å². The standard InChI is InChI=1S/C20H20N2O/c1-2-4-14(5-3-1)13-23-16-6-7-18-17(10-16)20-15-8-9-22(11-15)12-19(20)21-18/h1-7,10,15,21H,8-9,11-13H2. The predicted octanol–water partition coefficient (Wildman–Crippen LogP) is 4.05. The van der Waals surface area contributed by atoms with Crippen molar-refractivity contribution in [3.05, 3.63) is 65.4 Å². The topological polar surface area (TPSA) is 28.3 Å². The summed E-state index contributed by atoms with van der Waals surface area (Å²) in [4.78, 5) is 6.17. The zero-order chi connectivity index (χ0) is 15.2. The van der Waals surface area contributed by atoms with Crippen LogP contribution in [0.25, 0.3) is 10.9 Å². The highest BCUT2D eigenvalue weighted by atomic mass is 16.5. The Hall–Kier alpha value is -2.26. The van der Waals surface area contributed by atoms with Gasteiger partial charge in [0.2, 0.25) is 0 Å². The highest BCUT2D eigenvalue weighted by Crippen LogP contribution is 2.41. The van der Waals surface area contributed by atoms with Crippen molar-refractivity contribution in [1.29, 1.82) is 0 Å². The summed E-state index contributed by atoms with van der Waals surface area (Å²) in [6.07, 6.45) is 1.29. The van der Waals surface area contributed by atoms with Crippen LogP contribution in [0.2, 0.25) is 0 Å². The van der Waals surface area contributed by atoms with Gasteiger partial charge in [0.15, 0.2) is 0 Å². The normalized spacial score (nSPS) is 22.3. The first-order valence-electron chi connectivity index (χ1n) is 8.40. The van der Waals surface area contributed by atoms with Crippen molar-refractivity contribution in [3.8, 4) is 5.75 Å². The molecule has 0 saturated carbocycles. The summed E-state index contributed by atoms with van der Waals surface area (Å²) in [5, 5.41) is 1.36. The summed E-state index contributed by atoms with van der Waals surface area (Å²) >= 11 is 0. The Labute approximate surface area is 135 Å². The molecule has 0 aliphatic carbocycles. The van der Waals surface area contributed by atoms with Gasteiger partial charge in [0.25, 0.3) is 0 Å². The van der Waals surface area contributed by atoms with Crippen LogP contribution in [0.3, 0.4) is 0 Å². The molecule has 1 N–H and O–H groups in total. The van der Waals surface area contributed by atoms with Gasteiger partial charge in [0.1, 0.15) is 12.4 Å². The van der Waals surface area contributed by atoms with Crippen LogP contribution in [-0.4, -0.2) is 23.0 Å². The van der Waals surface area contributed by atoms with E-state index in [2.05, 4.69) is 52.3 Å². The molecule has 3 nitrogen and oxygen atoms in total. The van der Waals surface area contributed by atoms with Crippen LogP contribution in [0, 0.1) is 0 Å². The zero-order valence-electron chi connectivity index (χ0n) is 13.1. The number of aromatic nitrogens is 1. The Morgan fingerprint density at radius 2 is 2.04 bits per heavy atom. The summed E-state index contributed by atoms with van der Waals surface area (Å²) < 4.78 is 6.02. The van der Waals surface area contributed by atoms with E-state index in [4.69, 9.17) is 4.74 Å². The average Bonchev–Trinajstić information content (AvgIpc) is 3.15. The second kappa shape index (κ2) is 5.14. The Balaban J connectivity index is 1.47. The van der Waals surface area contributed by atoms with E-state index in [9.17, 15) is 0 Å². The number of benzene rings is 2. The van der Waals surface area contributed by atoms with Crippen LogP contribution >= 0.6 is 0 Å². The Morgan fingerprint density at radius 1 is 1.13 bits per heavy atom. The number of hydrogen-bond acceptors (Lipinski definition) is 2. The molecular formula is C20H20N2O. The molecule has 23 heavy (non-hydrogen) atoms. The van der Waals surface area contributed by atoms with Crippen molar-refractivity contribution >= 4 is 10.9 Å². The fraction of sp³-hybridized carbons (Fsp3) is 0.300. The molecule has 0 amide bonds. The van der Waals surface area contributed by atoms with Crippen LogP contribution in [0.4, 0.5) is 0 Å². The van der Waals surface area contributed by atoms with Crippen LogP contribution in [-0.2, 0) is 13.2 Å². The number of rotatable bonds is 3. The molecule has 0 spiro atoms. The van der Waals surface area contributed by atoms with Gasteiger partial charge in [-0.3, -0.25) is 4.90 Å². The lowest BCUT2D eigenvalue weighted by atomic mass is 9.93. The van der Waals surface area contributed by atoms with Gasteiger partial charge < -0.3 is 9.72 Å². The minimum absolute atomic E-state index is 0.621. The van der Waals surface area contributed by atoms with E-state index in [1.54, 1.807) is 5.56 Å². The molecular weight excluding hydrogens is 284 g/mol. The summed E-state index contributed by atoms with van der Waals surface area (Å²) in [6.45, 7) is 4.14. The van der Waals surface area contributed by atoms with Gasteiger partial charge in [-0.25, -0.2) is 0 Å². The molecule has 2 atom stereocenters. The first-order chi connectivity index (χ1) is 11.4. The molecule has 2 unspecified atom stereocenters. The smallest absolute Gasteiger partial charge is 0.120 e. The first kappa shape index (κ1) is 13.2. The van der Waals surface area contributed by atoms with E-state index >= 15 is 0 Å². The van der Waals surface area contributed by atoms with Gasteiger partial charge in [-0.05, 0) is 42.3 Å². The van der Waals surface area contributed by atoms with Crippen molar-refractivity contribution in [1.82, 2.24) is 9.88 Å². The lowest BCUT2D eigenvalue weighted by Crippen LogP contribution is -2.24. The van der Waals surface area contributed by atoms with Crippen LogP contribution < -0.4 is 4.74 Å². The molecule has 3 aromatic rings. The second-order valence-electron chi connectivity index (χ2n) is 6.72. The van der Waals surface area contributed by atoms with E-state index in [-0.39, 0.29) is 0 Å². The number of nitrogens with one attached hydrogen (secondary N) is 1. The fourth-order valence-electron chi connectivity index (χ4n) is 4.10. The van der Waals surface area contributed by atoms with Gasteiger partial charge in [-0.1, -0.05) is 30.3 Å². The van der Waals surface area contributed by atoms with E-state index < -0.39 is 0 Å². The lowest BCUT2D eigenvalue weighted by Gasteiger charge is -2.22. The van der Waals surface area contributed by atoms with E-state index in [0.29, 0.717) is 12.5 Å². The van der Waals surface area contributed by atoms with Gasteiger partial charge in [-0.2, -0.15) is 0 Å². The summed E-state index contributed by atoms with van der Waals surface area (Å²) in [7, 11) is 0. The van der Waals surface area contributed by atoms with Crippen LogP contribution in [0.15, 0.2) is 48.5 Å². The van der Waals surface area contributed by atoms with Gasteiger partial charge in [0.05, 0.1) is 0 Å². The second-order valence-corrected chi connectivity index (χ2v) is 6.72. The average molecular weight is 304 g/mol. The van der Waals surface area contributed by atoms with E-state index in [0.717, 1.165) is 12.3 Å². The van der Waals surface area contributed by atoms with E-state index in [1.165, 1.54) is 41.7 Å². The third-order valence-corrected chi connectivity index (χ3v) is 5.20. The molecule has 2 aliphatic rings. The summed E-state index contributed by atoms with van der Waals surface area (Å²) in [5.74, 6) is 1.65. The largest absolute Gasteiger partial charge is 0.489 e. The summed E-state index contributed by atoms with van der Waals surface area (Å²) in [6, 6.07) is 16.8. The SMILES string of the molecule is c1ccc(COc2ccc3[nH]c4c(c3c2)C2CCN(C4)C2)cc1. The molecule has 0 radical (unpaired) electrons. The summed E-state index contributed by atoms with van der Waals surface area (Å²) in [5.41, 5.74) is 5.40. The molecule has 3 heteroatoms. The quantitative estimate of drug-likeness (QED) is 0.790. The van der Waals surface area contributed by atoms with Crippen LogP contribution in [0.1, 0.15) is 29.2 Å². The van der Waals surface area contributed by atoms with Gasteiger partial charge >= 0.3 is 0 Å². The van der Waals surface area contributed by atoms with Crippen molar-refractivity contribution in [3.63, 3.8) is 0 Å². The molecule has 2 bridgehead atoms. The number of aromatic amines is 1. The van der Waals surface area contributed by atoms with Gasteiger partial charge in [0, 0.05) is 35.6 Å². The van der Waals surface area contributed by atoms with Gasteiger partial charge in [-0.15, -0.1) is 0 Å². The number of ether oxygens (including phenoxy) is 1. The third-order valence-electron chi connectivity index (χ3n) is 5.20. The maximum absolute atomic E-state index is 6.02. The monoisotopic (exact) mass is 304 g/mol. The minimum Gasteiger partial charge on any atom is -0.489 e. The lowest BCUT2D eigenvalue weighted by molar-refractivity contribution is 0.306. The molecule has 1 fully saturated rings. The Bertz CT molecular complexity index is 853. The van der Waals surface area contributed by atoms with Crippen LogP contribution in [0.5, 0.6) is 5.75 Å². The predicted molar refractivity (Wildman–Crippen MR) is 91.7 cm³/mol. The maximum Gasteiger partial charge on any atom is 0.120 e. The first-order valence-corrected chi connectivity index (χ1v) is 8.40. The third kappa shape index (κ3) is 2.23. The van der Waals surface area contributed by atoms with Crippen molar-refractivity contribution in [2.75, 3.05) is 13.1 Å². The Kier molecular flexibility index (Phi) is 2.95. The molecule has 1 saturated heterocycles. The van der Waals surface area contributed by atoms with E-state index in [1.807, 2.05) is 6.07 Å². The van der Waals surface area contributed by atoms with Crippen molar-refractivity contribution < 1.29 is 4.74 Å².